The molecule has 0 saturated carbocycles. The van der Waals surface area contributed by atoms with E-state index in [9.17, 15) is 9.59 Å². The number of carboxylic acids is 1. The minimum absolute atomic E-state index is 0.0236. The van der Waals surface area contributed by atoms with E-state index in [4.69, 9.17) is 5.11 Å². The van der Waals surface area contributed by atoms with Gasteiger partial charge < -0.3 is 10.3 Å². The van der Waals surface area contributed by atoms with Gasteiger partial charge in [0.05, 0.1) is 32.6 Å². The molecular formula is C9H15B2N5O3. The number of nitrogens with one attached hydrogen (secondary N) is 2. The van der Waals surface area contributed by atoms with Gasteiger partial charge in [-0.25, -0.2) is 0 Å². The van der Waals surface area contributed by atoms with Gasteiger partial charge in [0.15, 0.2) is 13.1 Å². The molecule has 100 valence electrons. The van der Waals surface area contributed by atoms with Gasteiger partial charge in [-0.3, -0.25) is 19.6 Å². The molecule has 0 radical (unpaired) electrons. The third-order valence-electron chi connectivity index (χ3n) is 3.03. The number of fused-ring (bicyclic) bond motifs is 2. The van der Waals surface area contributed by atoms with Crippen LogP contribution in [0.5, 0.6) is 0 Å². The van der Waals surface area contributed by atoms with E-state index in [1.807, 2.05) is 7.74 Å². The summed E-state index contributed by atoms with van der Waals surface area (Å²) in [5.74, 6) is -1.07. The molecule has 19 heavy (non-hydrogen) atoms. The van der Waals surface area contributed by atoms with Gasteiger partial charge in [0.25, 0.3) is 0 Å². The van der Waals surface area contributed by atoms with Gasteiger partial charge in [0.2, 0.25) is 0 Å². The topological polar surface area (TPSA) is 109 Å². The minimum Gasteiger partial charge on any atom is -0.480 e. The van der Waals surface area contributed by atoms with E-state index < -0.39 is 12.0 Å². The number of carboxylic acid groups (broad SMARTS) is 1. The maximum Gasteiger partial charge on any atom is 0.321 e. The lowest BCUT2D eigenvalue weighted by atomic mass is 9.66. The van der Waals surface area contributed by atoms with Gasteiger partial charge in [0.1, 0.15) is 6.04 Å². The van der Waals surface area contributed by atoms with Crippen LogP contribution < -0.4 is 10.5 Å². The van der Waals surface area contributed by atoms with Crippen molar-refractivity contribution in [2.24, 2.45) is 0 Å². The molecule has 8 nitrogen and oxygen atoms in total. The van der Waals surface area contributed by atoms with E-state index in [-0.39, 0.29) is 24.8 Å². The minimum atomic E-state index is -0.997. The quantitative estimate of drug-likeness (QED) is 0.481. The first-order valence-corrected chi connectivity index (χ1v) is 6.21. The number of carbonyl (C=O) groups is 2. The van der Waals surface area contributed by atoms with Crippen molar-refractivity contribution in [3.05, 3.63) is 11.9 Å². The first-order valence-electron chi connectivity index (χ1n) is 6.21. The van der Waals surface area contributed by atoms with Gasteiger partial charge in [-0.15, -0.1) is 5.10 Å². The molecule has 10 heteroatoms. The van der Waals surface area contributed by atoms with Gasteiger partial charge in [-0.2, -0.15) is 0 Å². The molecular weight excluding hydrogens is 248 g/mol. The molecule has 0 saturated heterocycles. The van der Waals surface area contributed by atoms with Crippen LogP contribution in [0.3, 0.4) is 0 Å². The molecule has 1 aromatic heterocycles. The van der Waals surface area contributed by atoms with Crippen molar-refractivity contribution >= 4 is 26.8 Å². The molecule has 0 aliphatic carbocycles. The standard InChI is InChI=1S/C9H15B2N5O3/c10-11-13-7-4-16-3-5(14-15-16)1-6(9(18)19)12-2-8(7)17/h3,6-7,11-13H,1-2,4,10H2,(H,18,19). The van der Waals surface area contributed by atoms with Crippen molar-refractivity contribution in [2.45, 2.75) is 25.0 Å². The smallest absolute Gasteiger partial charge is 0.321 e. The third-order valence-corrected chi connectivity index (χ3v) is 3.03. The number of aromatic nitrogens is 3. The molecule has 1 aliphatic rings. The largest absolute Gasteiger partial charge is 0.480 e. The van der Waals surface area contributed by atoms with Crippen LogP contribution in [-0.4, -0.2) is 65.5 Å². The zero-order valence-corrected chi connectivity index (χ0v) is 10.7. The monoisotopic (exact) mass is 263 g/mol. The summed E-state index contributed by atoms with van der Waals surface area (Å²) >= 11 is 0. The lowest BCUT2D eigenvalue weighted by molar-refractivity contribution is -0.139. The average Bonchev–Trinajstić information content (AvgIpc) is 2.79. The summed E-state index contributed by atoms with van der Waals surface area (Å²) in [7, 11) is 2.56. The molecule has 2 heterocycles. The molecule has 2 bridgehead atoms. The Labute approximate surface area is 111 Å². The van der Waals surface area contributed by atoms with Crippen molar-refractivity contribution in [3.8, 4) is 0 Å². The highest BCUT2D eigenvalue weighted by atomic mass is 16.4. The zero-order valence-electron chi connectivity index (χ0n) is 10.7. The Bertz CT molecular complexity index is 480. The predicted molar refractivity (Wildman–Crippen MR) is 70.8 cm³/mol. The van der Waals surface area contributed by atoms with E-state index >= 15 is 0 Å². The third kappa shape index (κ3) is 3.42. The van der Waals surface area contributed by atoms with Crippen molar-refractivity contribution in [1.82, 2.24) is 25.5 Å². The van der Waals surface area contributed by atoms with Crippen molar-refractivity contribution < 1.29 is 14.7 Å². The summed E-state index contributed by atoms with van der Waals surface area (Å²) in [6.07, 6.45) is 1.90. The number of nitrogens with zero attached hydrogens (tertiary/aromatic N) is 3. The Morgan fingerprint density at radius 2 is 2.47 bits per heavy atom. The van der Waals surface area contributed by atoms with Gasteiger partial charge in [-0.05, 0) is 0 Å². The first-order chi connectivity index (χ1) is 9.10. The van der Waals surface area contributed by atoms with Crippen molar-refractivity contribution in [1.29, 1.82) is 0 Å². The highest BCUT2D eigenvalue weighted by molar-refractivity contribution is 6.87. The molecule has 0 fully saturated rings. The number of Topliss-reactive ketones (excluding diaryl/α,β-unsaturated/α-hetero) is 1. The maximum absolute atomic E-state index is 12.0. The molecule has 2 unspecified atom stereocenters. The Hall–Kier alpha value is -1.67. The lowest BCUT2D eigenvalue weighted by Gasteiger charge is -2.19. The summed E-state index contributed by atoms with van der Waals surface area (Å²) in [5.41, 5.74) is 0.601. The summed E-state index contributed by atoms with van der Waals surface area (Å²) in [6, 6.07) is -1.21. The summed E-state index contributed by atoms with van der Waals surface area (Å²) in [4.78, 5) is 23.1. The first kappa shape index (κ1) is 13.8. The molecule has 2 rings (SSSR count). The Morgan fingerprint density at radius 3 is 3.16 bits per heavy atom. The van der Waals surface area contributed by atoms with Crippen LogP contribution in [0.1, 0.15) is 5.69 Å². The van der Waals surface area contributed by atoms with E-state index in [0.29, 0.717) is 19.5 Å². The SMILES string of the molecule is BBNC1Cn2cc(nn2)CC(C(=O)O)NCC1=O. The normalized spacial score (nSPS) is 23.9. The van der Waals surface area contributed by atoms with Crippen LogP contribution in [0.2, 0.25) is 0 Å². The Kier molecular flexibility index (Phi) is 4.33. The van der Waals surface area contributed by atoms with E-state index in [1.54, 1.807) is 10.9 Å². The van der Waals surface area contributed by atoms with Crippen LogP contribution in [0.4, 0.5) is 0 Å². The fourth-order valence-electron chi connectivity index (χ4n) is 2.04. The molecule has 0 aromatic carbocycles. The van der Waals surface area contributed by atoms with Crippen molar-refractivity contribution in [3.63, 3.8) is 0 Å². The fraction of sp³-hybridized carbons (Fsp3) is 0.556. The highest BCUT2D eigenvalue weighted by Crippen LogP contribution is 2.03. The van der Waals surface area contributed by atoms with Crippen LogP contribution in [0.25, 0.3) is 0 Å². The van der Waals surface area contributed by atoms with Crippen LogP contribution in [-0.2, 0) is 22.6 Å². The number of ketones is 1. The Balaban J connectivity index is 2.22. The van der Waals surface area contributed by atoms with E-state index in [2.05, 4.69) is 20.9 Å². The summed E-state index contributed by atoms with van der Waals surface area (Å²) < 4.78 is 1.57. The van der Waals surface area contributed by atoms with Crippen molar-refractivity contribution in [2.75, 3.05) is 6.54 Å². The van der Waals surface area contributed by atoms with Gasteiger partial charge in [0, 0.05) is 12.6 Å². The molecule has 0 amide bonds. The fourth-order valence-corrected chi connectivity index (χ4v) is 2.04. The maximum atomic E-state index is 12.0. The van der Waals surface area contributed by atoms with Gasteiger partial charge >= 0.3 is 5.97 Å². The highest BCUT2D eigenvalue weighted by Gasteiger charge is 2.25. The Morgan fingerprint density at radius 1 is 1.68 bits per heavy atom. The zero-order chi connectivity index (χ0) is 13.8. The van der Waals surface area contributed by atoms with E-state index in [0.717, 1.165) is 0 Å². The second-order valence-corrected chi connectivity index (χ2v) is 4.48. The number of hydrogen-bond donors (Lipinski definition) is 3. The predicted octanol–water partition coefficient (Wildman–Crippen LogP) is -3.70. The van der Waals surface area contributed by atoms with Crippen LogP contribution >= 0.6 is 0 Å². The number of aliphatic carboxylic acids is 1. The number of carbonyl (C=O) groups excluding carboxylic acids is 1. The average molecular weight is 263 g/mol. The summed E-state index contributed by atoms with van der Waals surface area (Å²) in [5, 5.41) is 22.8. The van der Waals surface area contributed by atoms with Crippen LogP contribution in [0, 0.1) is 0 Å². The second kappa shape index (κ2) is 5.98. The van der Waals surface area contributed by atoms with Crippen LogP contribution in [0.15, 0.2) is 6.20 Å². The second-order valence-electron chi connectivity index (χ2n) is 4.48. The molecule has 3 N–H and O–H groups in total. The molecule has 2 atom stereocenters. The molecule has 1 aliphatic heterocycles. The lowest BCUT2D eigenvalue weighted by Crippen LogP contribution is -2.49. The molecule has 1 aromatic rings. The van der Waals surface area contributed by atoms with Gasteiger partial charge in [-0.1, -0.05) is 5.21 Å². The number of rotatable bonds is 3. The number of hydrogen-bond acceptors (Lipinski definition) is 6. The summed E-state index contributed by atoms with van der Waals surface area (Å²) in [6.45, 7) is 0.425. The van der Waals surface area contributed by atoms with E-state index in [1.165, 1.54) is 0 Å². The molecule has 0 spiro atoms.